The summed E-state index contributed by atoms with van der Waals surface area (Å²) in [4.78, 5) is 30.8. The van der Waals surface area contributed by atoms with Crippen LogP contribution in [0, 0.1) is 6.92 Å². The molecule has 7 heteroatoms. The summed E-state index contributed by atoms with van der Waals surface area (Å²) >= 11 is 1.38. The Bertz CT molecular complexity index is 718. The Morgan fingerprint density at radius 1 is 1.26 bits per heavy atom. The van der Waals surface area contributed by atoms with E-state index in [0.717, 1.165) is 11.3 Å². The second-order valence-electron chi connectivity index (χ2n) is 6.19. The maximum absolute atomic E-state index is 12.7. The van der Waals surface area contributed by atoms with Crippen molar-refractivity contribution in [3.63, 3.8) is 0 Å². The van der Waals surface area contributed by atoms with Crippen molar-refractivity contribution in [1.29, 1.82) is 0 Å². The highest BCUT2D eigenvalue weighted by Gasteiger charge is 2.17. The van der Waals surface area contributed by atoms with Gasteiger partial charge in [0.15, 0.2) is 5.13 Å². The first-order chi connectivity index (χ1) is 13.1. The minimum Gasteiger partial charge on any atom is -0.382 e. The molecule has 0 aliphatic carbocycles. The number of aromatic nitrogens is 1. The summed E-state index contributed by atoms with van der Waals surface area (Å²) in [6.07, 6.45) is 1.74. The molecule has 0 saturated carbocycles. The van der Waals surface area contributed by atoms with Gasteiger partial charge in [-0.3, -0.25) is 9.59 Å². The van der Waals surface area contributed by atoms with Crippen LogP contribution in [0.4, 0.5) is 5.13 Å². The number of nitrogens with one attached hydrogen (secondary N) is 1. The number of ether oxygens (including phenoxy) is 1. The maximum Gasteiger partial charge on any atom is 0.245 e. The van der Waals surface area contributed by atoms with Crippen molar-refractivity contribution in [2.24, 2.45) is 0 Å². The van der Waals surface area contributed by atoms with E-state index in [1.54, 1.807) is 4.90 Å². The average Bonchev–Trinajstić information content (AvgIpc) is 3.07. The summed E-state index contributed by atoms with van der Waals surface area (Å²) in [6.45, 7) is 5.56. The Morgan fingerprint density at radius 2 is 2.04 bits per heavy atom. The van der Waals surface area contributed by atoms with Gasteiger partial charge in [0.25, 0.3) is 0 Å². The molecule has 6 nitrogen and oxygen atoms in total. The highest BCUT2D eigenvalue weighted by Crippen LogP contribution is 2.14. The lowest BCUT2D eigenvalue weighted by Crippen LogP contribution is -2.39. The molecule has 0 radical (unpaired) electrons. The molecule has 0 fully saturated rings. The Kier molecular flexibility index (Phi) is 8.94. The van der Waals surface area contributed by atoms with E-state index < -0.39 is 0 Å². The van der Waals surface area contributed by atoms with Crippen molar-refractivity contribution in [1.82, 2.24) is 9.88 Å². The van der Waals surface area contributed by atoms with E-state index in [-0.39, 0.29) is 18.4 Å². The predicted molar refractivity (Wildman–Crippen MR) is 108 cm³/mol. The van der Waals surface area contributed by atoms with Crippen molar-refractivity contribution < 1.29 is 14.3 Å². The van der Waals surface area contributed by atoms with Crippen LogP contribution < -0.4 is 5.32 Å². The summed E-state index contributed by atoms with van der Waals surface area (Å²) in [5, 5.41) is 5.20. The normalized spacial score (nSPS) is 10.6. The van der Waals surface area contributed by atoms with E-state index in [2.05, 4.69) is 10.3 Å². The molecule has 0 aliphatic heterocycles. The molecule has 0 aliphatic rings. The van der Waals surface area contributed by atoms with E-state index >= 15 is 0 Å². The number of hydrogen-bond acceptors (Lipinski definition) is 5. The van der Waals surface area contributed by atoms with Crippen LogP contribution in [0.25, 0.3) is 0 Å². The fourth-order valence-electron chi connectivity index (χ4n) is 2.59. The predicted octanol–water partition coefficient (Wildman–Crippen LogP) is 3.28. The zero-order valence-corrected chi connectivity index (χ0v) is 16.8. The zero-order chi connectivity index (χ0) is 19.5. The zero-order valence-electron chi connectivity index (χ0n) is 15.9. The van der Waals surface area contributed by atoms with Crippen LogP contribution in [0.2, 0.25) is 0 Å². The molecule has 1 heterocycles. The Hall–Kier alpha value is -2.25. The van der Waals surface area contributed by atoms with E-state index in [1.165, 1.54) is 11.3 Å². The number of carbonyl (C=O) groups is 2. The van der Waals surface area contributed by atoms with Crippen LogP contribution in [0.15, 0.2) is 35.7 Å². The average molecular weight is 390 g/mol. The fourth-order valence-corrected chi connectivity index (χ4v) is 3.30. The number of hydrogen-bond donors (Lipinski definition) is 1. The molecule has 0 bridgehead atoms. The monoisotopic (exact) mass is 389 g/mol. The molecule has 0 unspecified atom stereocenters. The van der Waals surface area contributed by atoms with Gasteiger partial charge in [0.05, 0.1) is 12.2 Å². The number of benzene rings is 1. The molecule has 0 spiro atoms. The van der Waals surface area contributed by atoms with E-state index in [1.807, 2.05) is 49.6 Å². The molecule has 0 saturated heterocycles. The standard InChI is InChI=1S/C20H27N3O3S/c1-3-26-13-7-12-23(14-18(24)22-20-21-16(2)15-27-20)19(25)11-10-17-8-5-4-6-9-17/h4-6,8-9,15H,3,7,10-14H2,1-2H3,(H,21,22,24). The topological polar surface area (TPSA) is 71.5 Å². The number of aryl methyl sites for hydroxylation is 2. The minimum atomic E-state index is -0.228. The highest BCUT2D eigenvalue weighted by molar-refractivity contribution is 7.13. The van der Waals surface area contributed by atoms with Crippen LogP contribution in [-0.4, -0.2) is 48.0 Å². The highest BCUT2D eigenvalue weighted by atomic mass is 32.1. The molecule has 1 aromatic heterocycles. The minimum absolute atomic E-state index is 0.0262. The Morgan fingerprint density at radius 3 is 2.70 bits per heavy atom. The second kappa shape index (κ2) is 11.5. The van der Waals surface area contributed by atoms with Crippen molar-refractivity contribution in [3.8, 4) is 0 Å². The van der Waals surface area contributed by atoms with Crippen molar-refractivity contribution in [3.05, 3.63) is 47.0 Å². The van der Waals surface area contributed by atoms with E-state index in [9.17, 15) is 9.59 Å². The van der Waals surface area contributed by atoms with Gasteiger partial charge >= 0.3 is 0 Å². The molecule has 146 valence electrons. The van der Waals surface area contributed by atoms with Gasteiger partial charge in [-0.15, -0.1) is 11.3 Å². The largest absolute Gasteiger partial charge is 0.382 e. The van der Waals surface area contributed by atoms with Crippen molar-refractivity contribution in [2.45, 2.75) is 33.1 Å². The maximum atomic E-state index is 12.7. The molecule has 1 aromatic carbocycles. The number of thiazole rings is 1. The van der Waals surface area contributed by atoms with Gasteiger partial charge in [0.1, 0.15) is 0 Å². The van der Waals surface area contributed by atoms with Gasteiger partial charge < -0.3 is 15.0 Å². The molecule has 2 aromatic rings. The first-order valence-electron chi connectivity index (χ1n) is 9.20. The second-order valence-corrected chi connectivity index (χ2v) is 7.05. The van der Waals surface area contributed by atoms with Crippen LogP contribution >= 0.6 is 11.3 Å². The number of rotatable bonds is 11. The summed E-state index contributed by atoms with van der Waals surface area (Å²) < 4.78 is 5.35. The van der Waals surface area contributed by atoms with Gasteiger partial charge in [-0.1, -0.05) is 30.3 Å². The first-order valence-corrected chi connectivity index (χ1v) is 10.1. The summed E-state index contributed by atoms with van der Waals surface area (Å²) in [6, 6.07) is 9.89. The van der Waals surface area contributed by atoms with Crippen LogP contribution in [0.3, 0.4) is 0 Å². The summed E-state index contributed by atoms with van der Waals surface area (Å²) in [5.74, 6) is -0.255. The summed E-state index contributed by atoms with van der Waals surface area (Å²) in [5.41, 5.74) is 1.98. The third-order valence-electron chi connectivity index (χ3n) is 3.94. The smallest absolute Gasteiger partial charge is 0.245 e. The van der Waals surface area contributed by atoms with E-state index in [4.69, 9.17) is 4.74 Å². The number of anilines is 1. The van der Waals surface area contributed by atoms with Crippen molar-refractivity contribution in [2.75, 3.05) is 31.6 Å². The van der Waals surface area contributed by atoms with Gasteiger partial charge in [-0.05, 0) is 32.3 Å². The third kappa shape index (κ3) is 7.88. The van der Waals surface area contributed by atoms with Crippen LogP contribution in [0.5, 0.6) is 0 Å². The number of nitrogens with zero attached hydrogens (tertiary/aromatic N) is 2. The van der Waals surface area contributed by atoms with Crippen LogP contribution in [0.1, 0.15) is 31.0 Å². The lowest BCUT2D eigenvalue weighted by atomic mass is 10.1. The molecular weight excluding hydrogens is 362 g/mol. The lowest BCUT2D eigenvalue weighted by molar-refractivity contribution is -0.134. The number of amides is 2. The Balaban J connectivity index is 1.89. The molecule has 0 atom stereocenters. The molecule has 2 rings (SSSR count). The first kappa shape index (κ1) is 21.1. The van der Waals surface area contributed by atoms with E-state index in [0.29, 0.717) is 44.2 Å². The molecule has 1 N–H and O–H groups in total. The molecule has 27 heavy (non-hydrogen) atoms. The van der Waals surface area contributed by atoms with Gasteiger partial charge in [0.2, 0.25) is 11.8 Å². The SMILES string of the molecule is CCOCCCN(CC(=O)Nc1nc(C)cs1)C(=O)CCc1ccccc1. The van der Waals surface area contributed by atoms with Crippen LogP contribution in [-0.2, 0) is 20.7 Å². The van der Waals surface area contributed by atoms with Gasteiger partial charge in [-0.2, -0.15) is 0 Å². The van der Waals surface area contributed by atoms with Gasteiger partial charge in [-0.25, -0.2) is 4.98 Å². The van der Waals surface area contributed by atoms with Crippen molar-refractivity contribution >= 4 is 28.3 Å². The third-order valence-corrected chi connectivity index (χ3v) is 4.82. The summed E-state index contributed by atoms with van der Waals surface area (Å²) in [7, 11) is 0. The Labute approximate surface area is 164 Å². The fraction of sp³-hybridized carbons (Fsp3) is 0.450. The number of carbonyl (C=O) groups excluding carboxylic acids is 2. The van der Waals surface area contributed by atoms with Gasteiger partial charge in [0, 0.05) is 31.6 Å². The molecular formula is C20H27N3O3S. The molecule has 2 amide bonds. The lowest BCUT2D eigenvalue weighted by Gasteiger charge is -2.22. The quantitative estimate of drug-likeness (QED) is 0.599.